The summed E-state index contributed by atoms with van der Waals surface area (Å²) in [4.78, 5) is 32.6. The molecule has 0 saturated heterocycles. The van der Waals surface area contributed by atoms with Crippen molar-refractivity contribution in [2.24, 2.45) is 0 Å². The third-order valence-electron chi connectivity index (χ3n) is 2.04. The van der Waals surface area contributed by atoms with Gasteiger partial charge >= 0.3 is 11.9 Å². The Kier molecular flexibility index (Phi) is 4.81. The molecule has 1 aromatic heterocycles. The predicted molar refractivity (Wildman–Crippen MR) is 66.3 cm³/mol. The van der Waals surface area contributed by atoms with Crippen LogP contribution < -0.4 is 10.6 Å². The van der Waals surface area contributed by atoms with E-state index in [1.807, 2.05) is 0 Å². The van der Waals surface area contributed by atoms with Crippen LogP contribution in [0.5, 0.6) is 0 Å². The van der Waals surface area contributed by atoms with Crippen LogP contribution >= 0.6 is 11.6 Å². The zero-order chi connectivity index (χ0) is 14.6. The van der Waals surface area contributed by atoms with Gasteiger partial charge in [-0.3, -0.25) is 9.59 Å². The fourth-order valence-electron chi connectivity index (χ4n) is 0.990. The second kappa shape index (κ2) is 6.14. The van der Waals surface area contributed by atoms with Gasteiger partial charge in [-0.05, 0) is 25.4 Å². The third-order valence-corrected chi connectivity index (χ3v) is 2.21. The zero-order valence-electron chi connectivity index (χ0n) is 10.1. The van der Waals surface area contributed by atoms with Crippen molar-refractivity contribution >= 4 is 35.4 Å². The Morgan fingerprint density at radius 1 is 1.00 bits per heavy atom. The van der Waals surface area contributed by atoms with Crippen molar-refractivity contribution in [1.82, 2.24) is 15.0 Å². The number of hydrogen-bond acceptors (Lipinski definition) is 7. The molecule has 4 N–H and O–H groups in total. The molecule has 0 aliphatic carbocycles. The van der Waals surface area contributed by atoms with Gasteiger partial charge in [0.25, 0.3) is 0 Å². The number of hydrogen-bond donors (Lipinski definition) is 4. The largest absolute Gasteiger partial charge is 0.480 e. The standard InChI is InChI=1S/C9H12ClN5O4/c1-3(5(16)17)11-8-13-7(10)14-9(15-8)12-4(2)6(18)19/h3-4H,1-2H3,(H,16,17)(H,18,19)(H2,11,12,13,14,15). The number of carboxylic acids is 2. The normalized spacial score (nSPS) is 13.4. The highest BCUT2D eigenvalue weighted by molar-refractivity contribution is 6.28. The summed E-state index contributed by atoms with van der Waals surface area (Å²) < 4.78 is 0. The molecule has 9 nitrogen and oxygen atoms in total. The van der Waals surface area contributed by atoms with Crippen LogP contribution in [0, 0.1) is 0 Å². The van der Waals surface area contributed by atoms with Gasteiger partial charge in [0.05, 0.1) is 0 Å². The van der Waals surface area contributed by atoms with E-state index in [-0.39, 0.29) is 17.2 Å². The van der Waals surface area contributed by atoms with E-state index in [4.69, 9.17) is 21.8 Å². The van der Waals surface area contributed by atoms with Gasteiger partial charge in [0.1, 0.15) is 12.1 Å². The van der Waals surface area contributed by atoms with Crippen molar-refractivity contribution in [3.63, 3.8) is 0 Å². The van der Waals surface area contributed by atoms with Gasteiger partial charge < -0.3 is 20.8 Å². The number of carbonyl (C=O) groups is 2. The lowest BCUT2D eigenvalue weighted by Crippen LogP contribution is -2.28. The first-order chi connectivity index (χ1) is 8.79. The van der Waals surface area contributed by atoms with Crippen LogP contribution in [0.25, 0.3) is 0 Å². The highest BCUT2D eigenvalue weighted by Crippen LogP contribution is 2.11. The number of rotatable bonds is 6. The third kappa shape index (κ3) is 4.54. The van der Waals surface area contributed by atoms with E-state index >= 15 is 0 Å². The van der Waals surface area contributed by atoms with Crippen LogP contribution in [-0.4, -0.2) is 49.2 Å². The number of anilines is 2. The Labute approximate surface area is 113 Å². The van der Waals surface area contributed by atoms with Gasteiger partial charge in [0, 0.05) is 0 Å². The first-order valence-corrected chi connectivity index (χ1v) is 5.57. The lowest BCUT2D eigenvalue weighted by atomic mass is 10.3. The van der Waals surface area contributed by atoms with E-state index in [2.05, 4.69) is 25.6 Å². The predicted octanol–water partition coefficient (Wildman–Crippen LogP) is 0.295. The molecule has 2 atom stereocenters. The molecule has 0 amide bonds. The number of carboxylic acid groups (broad SMARTS) is 2. The van der Waals surface area contributed by atoms with E-state index in [0.717, 1.165) is 0 Å². The smallest absolute Gasteiger partial charge is 0.325 e. The fraction of sp³-hybridized carbons (Fsp3) is 0.444. The molecule has 0 aliphatic heterocycles. The maximum atomic E-state index is 10.7. The quantitative estimate of drug-likeness (QED) is 0.582. The summed E-state index contributed by atoms with van der Waals surface area (Å²) in [5.41, 5.74) is 0. The highest BCUT2D eigenvalue weighted by Gasteiger charge is 2.16. The molecule has 0 aromatic carbocycles. The van der Waals surface area contributed by atoms with Gasteiger partial charge in [0.15, 0.2) is 0 Å². The average molecular weight is 290 g/mol. The number of aromatic nitrogens is 3. The molecular weight excluding hydrogens is 278 g/mol. The summed E-state index contributed by atoms with van der Waals surface area (Å²) in [6, 6.07) is -1.86. The Morgan fingerprint density at radius 3 is 1.68 bits per heavy atom. The first kappa shape index (κ1) is 14.9. The Bertz CT molecular complexity index is 457. The Balaban J connectivity index is 2.88. The number of nitrogens with zero attached hydrogens (tertiary/aromatic N) is 3. The van der Waals surface area contributed by atoms with Crippen LogP contribution in [0.15, 0.2) is 0 Å². The lowest BCUT2D eigenvalue weighted by molar-refractivity contribution is -0.138. The number of nitrogens with one attached hydrogen (secondary N) is 2. The van der Waals surface area contributed by atoms with Crippen molar-refractivity contribution in [3.05, 3.63) is 5.28 Å². The summed E-state index contributed by atoms with van der Waals surface area (Å²) in [7, 11) is 0. The van der Waals surface area contributed by atoms with Crippen LogP contribution in [0.3, 0.4) is 0 Å². The second-order valence-electron chi connectivity index (χ2n) is 3.66. The van der Waals surface area contributed by atoms with E-state index < -0.39 is 24.0 Å². The molecule has 0 spiro atoms. The molecule has 1 heterocycles. The second-order valence-corrected chi connectivity index (χ2v) is 4.00. The van der Waals surface area contributed by atoms with Crippen LogP contribution in [0.2, 0.25) is 5.28 Å². The zero-order valence-corrected chi connectivity index (χ0v) is 10.8. The van der Waals surface area contributed by atoms with E-state index in [9.17, 15) is 9.59 Å². The van der Waals surface area contributed by atoms with E-state index in [1.165, 1.54) is 13.8 Å². The highest BCUT2D eigenvalue weighted by atomic mass is 35.5. The molecule has 19 heavy (non-hydrogen) atoms. The van der Waals surface area contributed by atoms with E-state index in [0.29, 0.717) is 0 Å². The number of aliphatic carboxylic acids is 2. The van der Waals surface area contributed by atoms with Gasteiger partial charge in [-0.15, -0.1) is 0 Å². The van der Waals surface area contributed by atoms with Crippen molar-refractivity contribution in [3.8, 4) is 0 Å². The summed E-state index contributed by atoms with van der Waals surface area (Å²) in [6.07, 6.45) is 0. The van der Waals surface area contributed by atoms with Crippen molar-refractivity contribution in [1.29, 1.82) is 0 Å². The van der Waals surface area contributed by atoms with Crippen molar-refractivity contribution < 1.29 is 19.8 Å². The lowest BCUT2D eigenvalue weighted by Gasteiger charge is -2.12. The van der Waals surface area contributed by atoms with Crippen molar-refractivity contribution in [2.75, 3.05) is 10.6 Å². The maximum absolute atomic E-state index is 10.7. The molecule has 1 aromatic rings. The summed E-state index contributed by atoms with van der Waals surface area (Å²) in [5.74, 6) is -2.31. The van der Waals surface area contributed by atoms with Gasteiger partial charge in [-0.25, -0.2) is 0 Å². The monoisotopic (exact) mass is 289 g/mol. The van der Waals surface area contributed by atoms with Gasteiger partial charge in [-0.2, -0.15) is 15.0 Å². The maximum Gasteiger partial charge on any atom is 0.325 e. The summed E-state index contributed by atoms with van der Waals surface area (Å²) >= 11 is 5.64. The van der Waals surface area contributed by atoms with Gasteiger partial charge in [-0.1, -0.05) is 0 Å². The minimum atomic E-state index is -1.09. The Morgan fingerprint density at radius 2 is 1.37 bits per heavy atom. The average Bonchev–Trinajstić information content (AvgIpc) is 2.27. The first-order valence-electron chi connectivity index (χ1n) is 5.20. The SMILES string of the molecule is CC(Nc1nc(Cl)nc(NC(C)C(=O)O)n1)C(=O)O. The molecule has 10 heteroatoms. The van der Waals surface area contributed by atoms with Crippen molar-refractivity contribution in [2.45, 2.75) is 25.9 Å². The van der Waals surface area contributed by atoms with E-state index in [1.54, 1.807) is 0 Å². The minimum Gasteiger partial charge on any atom is -0.480 e. The molecule has 0 fully saturated rings. The molecule has 2 unspecified atom stereocenters. The number of halogens is 1. The molecule has 0 bridgehead atoms. The van der Waals surface area contributed by atoms with Crippen LogP contribution in [-0.2, 0) is 9.59 Å². The summed E-state index contributed by atoms with van der Waals surface area (Å²) in [5, 5.41) is 22.3. The Hall–Kier alpha value is -2.16. The molecule has 0 saturated carbocycles. The van der Waals surface area contributed by atoms with Crippen LogP contribution in [0.4, 0.5) is 11.9 Å². The minimum absolute atomic E-state index is 0.0602. The van der Waals surface area contributed by atoms with Crippen LogP contribution in [0.1, 0.15) is 13.8 Å². The fourth-order valence-corrected chi connectivity index (χ4v) is 1.15. The molecule has 104 valence electrons. The van der Waals surface area contributed by atoms with Gasteiger partial charge in [0.2, 0.25) is 17.2 Å². The topological polar surface area (TPSA) is 137 Å². The molecular formula is C9H12ClN5O4. The molecule has 1 rings (SSSR count). The molecule has 0 radical (unpaired) electrons. The summed E-state index contributed by atoms with van der Waals surface area (Å²) in [6.45, 7) is 2.79. The molecule has 0 aliphatic rings.